The summed E-state index contributed by atoms with van der Waals surface area (Å²) in [5.41, 5.74) is 1.48. The third kappa shape index (κ3) is 4.76. The number of ketones is 1. The summed E-state index contributed by atoms with van der Waals surface area (Å²) in [4.78, 5) is 37.1. The van der Waals surface area contributed by atoms with Crippen molar-refractivity contribution in [1.29, 1.82) is 0 Å². The Morgan fingerprint density at radius 3 is 2.25 bits per heavy atom. The predicted molar refractivity (Wildman–Crippen MR) is 90.7 cm³/mol. The van der Waals surface area contributed by atoms with Gasteiger partial charge < -0.3 is 15.3 Å². The Kier molecular flexibility index (Phi) is 5.87. The van der Waals surface area contributed by atoms with Gasteiger partial charge in [-0.3, -0.25) is 14.4 Å². The zero-order chi connectivity index (χ0) is 17.7. The molecule has 1 aliphatic rings. The lowest BCUT2D eigenvalue weighted by Gasteiger charge is -2.29. The SMILES string of the molecule is CC(=O)c1ccc(NC(=O)/C=C(\C)C(=O)N2CCC(O)CC2)cc1. The lowest BCUT2D eigenvalue weighted by molar-refractivity contribution is -0.129. The van der Waals surface area contributed by atoms with Crippen molar-refractivity contribution < 1.29 is 19.5 Å². The van der Waals surface area contributed by atoms with Crippen LogP contribution in [0.1, 0.15) is 37.0 Å². The molecule has 6 nitrogen and oxygen atoms in total. The number of aliphatic hydroxyl groups excluding tert-OH is 1. The Bertz CT molecular complexity index is 656. The van der Waals surface area contributed by atoms with Gasteiger partial charge in [0.05, 0.1) is 6.10 Å². The molecular weight excluding hydrogens is 308 g/mol. The van der Waals surface area contributed by atoms with E-state index in [4.69, 9.17) is 0 Å². The number of nitrogens with zero attached hydrogens (tertiary/aromatic N) is 1. The number of anilines is 1. The summed E-state index contributed by atoms with van der Waals surface area (Å²) in [6.07, 6.45) is 2.05. The predicted octanol–water partition coefficient (Wildman–Crippen LogP) is 1.76. The van der Waals surface area contributed by atoms with Crippen LogP contribution in [0.25, 0.3) is 0 Å². The van der Waals surface area contributed by atoms with Crippen LogP contribution >= 0.6 is 0 Å². The summed E-state index contributed by atoms with van der Waals surface area (Å²) in [5, 5.41) is 12.1. The monoisotopic (exact) mass is 330 g/mol. The number of aliphatic hydroxyl groups is 1. The van der Waals surface area contributed by atoms with E-state index >= 15 is 0 Å². The molecule has 0 radical (unpaired) electrons. The van der Waals surface area contributed by atoms with Crippen molar-refractivity contribution in [2.24, 2.45) is 0 Å². The van der Waals surface area contributed by atoms with Gasteiger partial charge in [-0.15, -0.1) is 0 Å². The lowest BCUT2D eigenvalue weighted by atomic mass is 10.1. The van der Waals surface area contributed by atoms with Crippen LogP contribution in [-0.4, -0.2) is 46.8 Å². The maximum atomic E-state index is 12.3. The number of carbonyl (C=O) groups excluding carboxylic acids is 3. The van der Waals surface area contributed by atoms with Gasteiger partial charge in [0.25, 0.3) is 0 Å². The molecule has 1 aliphatic heterocycles. The van der Waals surface area contributed by atoms with Crippen molar-refractivity contribution in [3.8, 4) is 0 Å². The molecule has 1 heterocycles. The quantitative estimate of drug-likeness (QED) is 0.650. The number of benzene rings is 1. The summed E-state index contributed by atoms with van der Waals surface area (Å²) in [6, 6.07) is 6.56. The number of rotatable bonds is 4. The summed E-state index contributed by atoms with van der Waals surface area (Å²) in [6.45, 7) is 4.08. The van der Waals surface area contributed by atoms with Crippen LogP contribution in [0.2, 0.25) is 0 Å². The molecule has 0 unspecified atom stereocenters. The molecular formula is C18H22N2O4. The van der Waals surface area contributed by atoms with Crippen LogP contribution < -0.4 is 5.32 Å². The van der Waals surface area contributed by atoms with Crippen LogP contribution in [0.4, 0.5) is 5.69 Å². The molecule has 0 atom stereocenters. The Morgan fingerprint density at radius 2 is 1.71 bits per heavy atom. The van der Waals surface area contributed by atoms with Gasteiger partial charge in [0.1, 0.15) is 0 Å². The zero-order valence-electron chi connectivity index (χ0n) is 13.9. The summed E-state index contributed by atoms with van der Waals surface area (Å²) in [5.74, 6) is -0.627. The van der Waals surface area contributed by atoms with E-state index < -0.39 is 5.91 Å². The van der Waals surface area contributed by atoms with Crippen LogP contribution in [0.5, 0.6) is 0 Å². The van der Waals surface area contributed by atoms with Gasteiger partial charge >= 0.3 is 0 Å². The first kappa shape index (κ1) is 17.9. The molecule has 1 aromatic rings. The topological polar surface area (TPSA) is 86.7 Å². The first-order chi connectivity index (χ1) is 11.4. The molecule has 0 aliphatic carbocycles. The number of piperidine rings is 1. The van der Waals surface area contributed by atoms with E-state index in [0.29, 0.717) is 42.8 Å². The second-order valence-corrected chi connectivity index (χ2v) is 5.97. The summed E-state index contributed by atoms with van der Waals surface area (Å²) in [7, 11) is 0. The molecule has 0 saturated carbocycles. The number of amides is 2. The van der Waals surface area contributed by atoms with Crippen molar-refractivity contribution in [3.05, 3.63) is 41.5 Å². The second-order valence-electron chi connectivity index (χ2n) is 5.97. The molecule has 2 amide bonds. The first-order valence-electron chi connectivity index (χ1n) is 7.94. The minimum atomic E-state index is -0.395. The van der Waals surface area contributed by atoms with Crippen molar-refractivity contribution in [3.63, 3.8) is 0 Å². The molecule has 0 aromatic heterocycles. The van der Waals surface area contributed by atoms with Crippen molar-refractivity contribution in [2.45, 2.75) is 32.8 Å². The lowest BCUT2D eigenvalue weighted by Crippen LogP contribution is -2.40. The molecule has 2 N–H and O–H groups in total. The van der Waals surface area contributed by atoms with Gasteiger partial charge in [0, 0.05) is 36.0 Å². The number of nitrogens with one attached hydrogen (secondary N) is 1. The molecule has 0 bridgehead atoms. The van der Waals surface area contributed by atoms with E-state index in [2.05, 4.69) is 5.32 Å². The highest BCUT2D eigenvalue weighted by Gasteiger charge is 2.22. The van der Waals surface area contributed by atoms with Crippen LogP contribution in [0, 0.1) is 0 Å². The Morgan fingerprint density at radius 1 is 1.12 bits per heavy atom. The zero-order valence-corrected chi connectivity index (χ0v) is 13.9. The van der Waals surface area contributed by atoms with Crippen molar-refractivity contribution >= 4 is 23.3 Å². The van der Waals surface area contributed by atoms with E-state index in [1.807, 2.05) is 0 Å². The largest absolute Gasteiger partial charge is 0.393 e. The molecule has 128 valence electrons. The van der Waals surface area contributed by atoms with E-state index in [-0.39, 0.29) is 17.8 Å². The van der Waals surface area contributed by atoms with Crippen molar-refractivity contribution in [1.82, 2.24) is 4.90 Å². The Hall–Kier alpha value is -2.47. The summed E-state index contributed by atoms with van der Waals surface area (Å²) < 4.78 is 0. The maximum Gasteiger partial charge on any atom is 0.249 e. The average molecular weight is 330 g/mol. The number of hydrogen-bond acceptors (Lipinski definition) is 4. The maximum absolute atomic E-state index is 12.3. The molecule has 2 rings (SSSR count). The first-order valence-corrected chi connectivity index (χ1v) is 7.94. The van der Waals surface area contributed by atoms with Crippen LogP contribution in [-0.2, 0) is 9.59 Å². The van der Waals surface area contributed by atoms with Gasteiger partial charge in [0.2, 0.25) is 11.8 Å². The van der Waals surface area contributed by atoms with E-state index in [1.165, 1.54) is 13.0 Å². The number of hydrogen-bond donors (Lipinski definition) is 2. The molecule has 1 aromatic carbocycles. The molecule has 1 saturated heterocycles. The standard InChI is InChI=1S/C18H22N2O4/c1-12(18(24)20-9-7-16(22)8-10-20)11-17(23)19-15-5-3-14(4-6-15)13(2)21/h3-6,11,16,22H,7-10H2,1-2H3,(H,19,23)/b12-11+. The fourth-order valence-electron chi connectivity index (χ4n) is 2.54. The molecule has 6 heteroatoms. The van der Waals surface area contributed by atoms with Crippen LogP contribution in [0.3, 0.4) is 0 Å². The fraction of sp³-hybridized carbons (Fsp3) is 0.389. The highest BCUT2D eigenvalue weighted by molar-refractivity contribution is 6.06. The van der Waals surface area contributed by atoms with E-state index in [0.717, 1.165) is 0 Å². The number of Topliss-reactive ketones (excluding diaryl/α,β-unsaturated/α-hetero) is 1. The number of likely N-dealkylation sites (tertiary alicyclic amines) is 1. The second kappa shape index (κ2) is 7.88. The van der Waals surface area contributed by atoms with Gasteiger partial charge in [-0.25, -0.2) is 0 Å². The smallest absolute Gasteiger partial charge is 0.249 e. The Labute approximate surface area is 141 Å². The van der Waals surface area contributed by atoms with Gasteiger partial charge in [-0.1, -0.05) is 0 Å². The number of carbonyl (C=O) groups is 3. The minimum Gasteiger partial charge on any atom is -0.393 e. The molecule has 0 spiro atoms. The Balaban J connectivity index is 1.95. The van der Waals surface area contributed by atoms with Crippen LogP contribution in [0.15, 0.2) is 35.9 Å². The summed E-state index contributed by atoms with van der Waals surface area (Å²) >= 11 is 0. The highest BCUT2D eigenvalue weighted by Crippen LogP contribution is 2.14. The average Bonchev–Trinajstić information content (AvgIpc) is 2.55. The third-order valence-corrected chi connectivity index (χ3v) is 4.00. The highest BCUT2D eigenvalue weighted by atomic mass is 16.3. The van der Waals surface area contributed by atoms with E-state index in [9.17, 15) is 19.5 Å². The van der Waals surface area contributed by atoms with Gasteiger partial charge in [-0.2, -0.15) is 0 Å². The normalized spacial score (nSPS) is 16.0. The van der Waals surface area contributed by atoms with Crippen molar-refractivity contribution in [2.75, 3.05) is 18.4 Å². The fourth-order valence-corrected chi connectivity index (χ4v) is 2.54. The minimum absolute atomic E-state index is 0.0409. The molecule has 1 fully saturated rings. The van der Waals surface area contributed by atoms with Gasteiger partial charge in [-0.05, 0) is 51.0 Å². The van der Waals surface area contributed by atoms with E-state index in [1.54, 1.807) is 36.1 Å². The van der Waals surface area contributed by atoms with Gasteiger partial charge in [0.15, 0.2) is 5.78 Å². The third-order valence-electron chi connectivity index (χ3n) is 4.00. The molecule has 24 heavy (non-hydrogen) atoms.